The van der Waals surface area contributed by atoms with E-state index in [4.69, 9.17) is 15.2 Å². The summed E-state index contributed by atoms with van der Waals surface area (Å²) in [5.41, 5.74) is 12.1. The zero-order valence-corrected chi connectivity index (χ0v) is 23.1. The molecule has 6 nitrogen and oxygen atoms in total. The fourth-order valence-corrected chi connectivity index (χ4v) is 6.21. The molecule has 1 heterocycles. The number of hydrogen-bond acceptors (Lipinski definition) is 6. The molecule has 4 atom stereocenters. The van der Waals surface area contributed by atoms with Gasteiger partial charge in [-0.25, -0.2) is 4.79 Å². The normalized spacial score (nSPS) is 20.8. The highest BCUT2D eigenvalue weighted by atomic mass is 32.2. The van der Waals surface area contributed by atoms with Crippen molar-refractivity contribution in [1.29, 1.82) is 0 Å². The van der Waals surface area contributed by atoms with Crippen LogP contribution in [-0.4, -0.2) is 28.0 Å². The van der Waals surface area contributed by atoms with Gasteiger partial charge in [-0.05, 0) is 52.1 Å². The van der Waals surface area contributed by atoms with Gasteiger partial charge in [0.25, 0.3) is 0 Å². The fraction of sp³-hybridized carbons (Fsp3) is 0.242. The van der Waals surface area contributed by atoms with Gasteiger partial charge in [0.05, 0.1) is 24.4 Å². The SMILES string of the molecule is C[C@H]1[C@@H](CSc2ccccc2C(=O)O)O[C@@H](c2cccc(-c3cccc(CN)c3)c2)O[C@H]1c1ccc(CO)cc1. The summed E-state index contributed by atoms with van der Waals surface area (Å²) in [6.07, 6.45) is -1.08. The van der Waals surface area contributed by atoms with Crippen LogP contribution in [0.15, 0.2) is 102 Å². The van der Waals surface area contributed by atoms with E-state index in [1.165, 1.54) is 11.8 Å². The Morgan fingerprint density at radius 3 is 2.30 bits per heavy atom. The quantitative estimate of drug-likeness (QED) is 0.200. The number of aromatic carboxylic acids is 1. The summed E-state index contributed by atoms with van der Waals surface area (Å²) >= 11 is 1.48. The molecule has 5 rings (SSSR count). The molecule has 0 aromatic heterocycles. The van der Waals surface area contributed by atoms with Crippen LogP contribution >= 0.6 is 11.8 Å². The third kappa shape index (κ3) is 6.30. The molecule has 4 N–H and O–H groups in total. The molecule has 7 heteroatoms. The highest BCUT2D eigenvalue weighted by molar-refractivity contribution is 7.99. The van der Waals surface area contributed by atoms with E-state index in [0.29, 0.717) is 17.2 Å². The Balaban J connectivity index is 1.45. The average molecular weight is 556 g/mol. The van der Waals surface area contributed by atoms with E-state index in [1.54, 1.807) is 12.1 Å². The molecule has 1 saturated heterocycles. The summed E-state index contributed by atoms with van der Waals surface area (Å²) in [6.45, 7) is 2.55. The predicted octanol–water partition coefficient (Wildman–Crippen LogP) is 6.59. The Hall–Kier alpha value is -3.46. The highest BCUT2D eigenvalue weighted by Gasteiger charge is 2.38. The maximum Gasteiger partial charge on any atom is 0.336 e. The van der Waals surface area contributed by atoms with E-state index in [2.05, 4.69) is 31.2 Å². The first-order valence-corrected chi connectivity index (χ1v) is 14.3. The minimum atomic E-state index is -0.945. The zero-order valence-electron chi connectivity index (χ0n) is 22.3. The average Bonchev–Trinajstić information content (AvgIpc) is 3.00. The molecule has 0 aliphatic carbocycles. The van der Waals surface area contributed by atoms with Crippen LogP contribution in [-0.2, 0) is 22.6 Å². The van der Waals surface area contributed by atoms with Gasteiger partial charge in [-0.15, -0.1) is 11.8 Å². The number of carboxylic acids is 1. The first-order chi connectivity index (χ1) is 19.5. The van der Waals surface area contributed by atoms with Crippen LogP contribution in [0.3, 0.4) is 0 Å². The Kier molecular flexibility index (Phi) is 8.99. The smallest absolute Gasteiger partial charge is 0.336 e. The summed E-state index contributed by atoms with van der Waals surface area (Å²) in [7, 11) is 0. The van der Waals surface area contributed by atoms with E-state index in [-0.39, 0.29) is 30.3 Å². The summed E-state index contributed by atoms with van der Waals surface area (Å²) in [5.74, 6) is -0.390. The molecule has 0 amide bonds. The third-order valence-corrected chi connectivity index (χ3v) is 8.46. The molecule has 1 aliphatic heterocycles. The van der Waals surface area contributed by atoms with E-state index in [0.717, 1.165) is 33.4 Å². The van der Waals surface area contributed by atoms with Crippen LogP contribution in [0.25, 0.3) is 11.1 Å². The topological polar surface area (TPSA) is 102 Å². The first-order valence-electron chi connectivity index (χ1n) is 13.3. The summed E-state index contributed by atoms with van der Waals surface area (Å²) in [6, 6.07) is 31.2. The number of aliphatic hydroxyl groups is 1. The number of carboxylic acid groups (broad SMARTS) is 1. The van der Waals surface area contributed by atoms with Crippen molar-refractivity contribution in [2.24, 2.45) is 11.7 Å². The van der Waals surface area contributed by atoms with Gasteiger partial charge in [-0.2, -0.15) is 0 Å². The Bertz CT molecular complexity index is 1460. The van der Waals surface area contributed by atoms with Gasteiger partial charge in [-0.1, -0.05) is 79.7 Å². The van der Waals surface area contributed by atoms with Crippen molar-refractivity contribution < 1.29 is 24.5 Å². The Morgan fingerprint density at radius 2 is 1.57 bits per heavy atom. The monoisotopic (exact) mass is 555 g/mol. The fourth-order valence-electron chi connectivity index (χ4n) is 4.99. The zero-order chi connectivity index (χ0) is 28.1. The van der Waals surface area contributed by atoms with Gasteiger partial charge in [0.1, 0.15) is 0 Å². The lowest BCUT2D eigenvalue weighted by molar-refractivity contribution is -0.268. The largest absolute Gasteiger partial charge is 0.478 e. The van der Waals surface area contributed by atoms with Crippen LogP contribution in [0.1, 0.15) is 51.9 Å². The molecular formula is C33H33NO5S. The Labute approximate surface area is 238 Å². The molecule has 0 saturated carbocycles. The van der Waals surface area contributed by atoms with Crippen molar-refractivity contribution in [2.45, 2.75) is 43.5 Å². The number of thioether (sulfide) groups is 1. The van der Waals surface area contributed by atoms with Crippen molar-refractivity contribution in [3.8, 4) is 11.1 Å². The lowest BCUT2D eigenvalue weighted by Gasteiger charge is -2.41. The Morgan fingerprint density at radius 1 is 0.850 bits per heavy atom. The van der Waals surface area contributed by atoms with Crippen molar-refractivity contribution in [3.05, 3.63) is 125 Å². The minimum absolute atomic E-state index is 0.00913. The lowest BCUT2D eigenvalue weighted by Crippen LogP contribution is -2.38. The van der Waals surface area contributed by atoms with Gasteiger partial charge in [-0.3, -0.25) is 0 Å². The van der Waals surface area contributed by atoms with E-state index >= 15 is 0 Å². The third-order valence-electron chi connectivity index (χ3n) is 7.30. The first kappa shape index (κ1) is 28.1. The van der Waals surface area contributed by atoms with Gasteiger partial charge >= 0.3 is 5.97 Å². The van der Waals surface area contributed by atoms with Crippen molar-refractivity contribution in [3.63, 3.8) is 0 Å². The number of aliphatic hydroxyl groups excluding tert-OH is 1. The predicted molar refractivity (Wildman–Crippen MR) is 157 cm³/mol. The van der Waals surface area contributed by atoms with E-state index in [9.17, 15) is 15.0 Å². The second-order valence-electron chi connectivity index (χ2n) is 9.96. The number of rotatable bonds is 9. The second kappa shape index (κ2) is 12.8. The summed E-state index contributed by atoms with van der Waals surface area (Å²) in [4.78, 5) is 12.5. The summed E-state index contributed by atoms with van der Waals surface area (Å²) in [5, 5.41) is 19.2. The van der Waals surface area contributed by atoms with Crippen LogP contribution in [0.5, 0.6) is 0 Å². The maximum atomic E-state index is 11.8. The number of benzene rings is 4. The molecule has 0 bridgehead atoms. The molecule has 0 spiro atoms. The lowest BCUT2D eigenvalue weighted by atomic mass is 9.91. The van der Waals surface area contributed by atoms with E-state index in [1.807, 2.05) is 60.7 Å². The summed E-state index contributed by atoms with van der Waals surface area (Å²) < 4.78 is 13.2. The number of nitrogens with two attached hydrogens (primary N) is 1. The van der Waals surface area contributed by atoms with Crippen LogP contribution < -0.4 is 5.73 Å². The number of hydrogen-bond donors (Lipinski definition) is 3. The van der Waals surface area contributed by atoms with Crippen LogP contribution in [0, 0.1) is 5.92 Å². The molecule has 206 valence electrons. The van der Waals surface area contributed by atoms with Gasteiger partial charge in [0, 0.05) is 28.7 Å². The second-order valence-corrected chi connectivity index (χ2v) is 11.0. The molecule has 4 aromatic carbocycles. The highest BCUT2D eigenvalue weighted by Crippen LogP contribution is 2.43. The van der Waals surface area contributed by atoms with Crippen molar-refractivity contribution in [1.82, 2.24) is 0 Å². The maximum absolute atomic E-state index is 11.8. The van der Waals surface area contributed by atoms with Crippen LogP contribution in [0.2, 0.25) is 0 Å². The molecular weight excluding hydrogens is 522 g/mol. The molecule has 0 radical (unpaired) electrons. The minimum Gasteiger partial charge on any atom is -0.478 e. The molecule has 1 fully saturated rings. The van der Waals surface area contributed by atoms with E-state index < -0.39 is 12.3 Å². The molecule has 0 unspecified atom stereocenters. The molecule has 4 aromatic rings. The van der Waals surface area contributed by atoms with Crippen molar-refractivity contribution in [2.75, 3.05) is 5.75 Å². The van der Waals surface area contributed by atoms with Crippen molar-refractivity contribution >= 4 is 17.7 Å². The van der Waals surface area contributed by atoms with Gasteiger partial charge < -0.3 is 25.4 Å². The number of carbonyl (C=O) groups is 1. The molecule has 1 aliphatic rings. The van der Waals surface area contributed by atoms with Gasteiger partial charge in [0.15, 0.2) is 6.29 Å². The van der Waals surface area contributed by atoms with Gasteiger partial charge in [0.2, 0.25) is 0 Å². The number of ether oxygens (including phenoxy) is 2. The molecule has 40 heavy (non-hydrogen) atoms. The standard InChI is InChI=1S/C33H33NO5S/c1-21-29(20-40-30-11-3-2-10-28(30)32(36)37)38-33(39-31(21)24-14-12-22(19-35)13-15-24)27-9-5-8-26(17-27)25-7-4-6-23(16-25)18-34/h2-17,21,29,31,33,35H,18-20,34H2,1H3,(H,36,37)/t21-,29+,31+,33+/m0/s1. The van der Waals surface area contributed by atoms with Crippen LogP contribution in [0.4, 0.5) is 0 Å².